The molecule has 27 heavy (non-hydrogen) atoms. The third-order valence-corrected chi connectivity index (χ3v) is 6.25. The number of ether oxygens (including phenoxy) is 2. The highest BCUT2D eigenvalue weighted by molar-refractivity contribution is 7.59. The van der Waals surface area contributed by atoms with E-state index in [1.165, 1.54) is 0 Å². The first-order valence-electron chi connectivity index (χ1n) is 9.03. The Morgan fingerprint density at radius 1 is 1.15 bits per heavy atom. The zero-order valence-corrected chi connectivity index (χ0v) is 17.0. The molecule has 1 amide bonds. The average Bonchev–Trinajstić information content (AvgIpc) is 2.66. The number of aliphatic hydroxyl groups excluding tert-OH is 2. The van der Waals surface area contributed by atoms with E-state index in [1.807, 2.05) is 0 Å². The molecule has 0 radical (unpaired) electrons. The number of hydrogen-bond donors (Lipinski definition) is 3. The fourth-order valence-corrected chi connectivity index (χ4v) is 4.83. The van der Waals surface area contributed by atoms with Crippen molar-refractivity contribution >= 4 is 13.3 Å². The zero-order chi connectivity index (χ0) is 20.3. The molecular weight excluding hydrogens is 373 g/mol. The molecule has 0 aliphatic carbocycles. The molecule has 8 nitrogen and oxygen atoms in total. The summed E-state index contributed by atoms with van der Waals surface area (Å²) in [6, 6.07) is 5.56. The Morgan fingerprint density at radius 3 is 2.33 bits per heavy atom. The summed E-state index contributed by atoms with van der Waals surface area (Å²) < 4.78 is 29.3. The van der Waals surface area contributed by atoms with Gasteiger partial charge in [0.1, 0.15) is 0 Å². The summed E-state index contributed by atoms with van der Waals surface area (Å²) in [4.78, 5) is 12.3. The maximum atomic E-state index is 13.1. The molecule has 0 saturated heterocycles. The molecule has 9 heteroatoms. The molecule has 0 heterocycles. The lowest BCUT2D eigenvalue weighted by atomic mass is 10.1. The Kier molecular flexibility index (Phi) is 10.8. The van der Waals surface area contributed by atoms with Crippen molar-refractivity contribution in [2.24, 2.45) is 0 Å². The minimum Gasteiger partial charge on any atom is -0.392 e. The van der Waals surface area contributed by atoms with Crippen molar-refractivity contribution in [3.8, 4) is 0 Å². The van der Waals surface area contributed by atoms with Gasteiger partial charge in [-0.05, 0) is 32.4 Å². The first-order valence-corrected chi connectivity index (χ1v) is 10.9. The van der Waals surface area contributed by atoms with Gasteiger partial charge in [0.25, 0.3) is 13.3 Å². The van der Waals surface area contributed by atoms with Crippen LogP contribution in [0, 0.1) is 0 Å². The van der Waals surface area contributed by atoms with Crippen LogP contribution in [0.15, 0.2) is 24.3 Å². The minimum absolute atomic E-state index is 0.124. The summed E-state index contributed by atoms with van der Waals surface area (Å²) in [5, 5.41) is 22.2. The first kappa shape index (κ1) is 23.8. The zero-order valence-electron chi connectivity index (χ0n) is 16.1. The molecule has 2 unspecified atom stereocenters. The van der Waals surface area contributed by atoms with Crippen molar-refractivity contribution in [3.63, 3.8) is 0 Å². The lowest BCUT2D eigenvalue weighted by Crippen LogP contribution is -2.36. The van der Waals surface area contributed by atoms with Crippen LogP contribution in [-0.4, -0.2) is 60.8 Å². The van der Waals surface area contributed by atoms with E-state index in [2.05, 4.69) is 5.32 Å². The molecule has 0 aliphatic heterocycles. The quantitative estimate of drug-likeness (QED) is 0.341. The van der Waals surface area contributed by atoms with E-state index in [4.69, 9.17) is 14.0 Å². The average molecular weight is 403 g/mol. The van der Waals surface area contributed by atoms with E-state index in [9.17, 15) is 19.6 Å². The molecule has 2 atom stereocenters. The number of carbonyl (C=O) groups excluding carboxylic acids is 1. The van der Waals surface area contributed by atoms with Crippen molar-refractivity contribution in [1.82, 2.24) is 5.32 Å². The summed E-state index contributed by atoms with van der Waals surface area (Å²) in [5.74, 6) is -0.434. The fraction of sp³-hybridized carbons (Fsp3) is 0.611. The largest absolute Gasteiger partial charge is 0.392 e. The number of carbonyl (C=O) groups is 1. The molecule has 0 fully saturated rings. The van der Waals surface area contributed by atoms with Crippen molar-refractivity contribution < 1.29 is 33.6 Å². The Hall–Kier alpha value is -1.28. The molecule has 1 aromatic carbocycles. The van der Waals surface area contributed by atoms with Crippen LogP contribution in [0.1, 0.15) is 36.7 Å². The Morgan fingerprint density at radius 2 is 1.78 bits per heavy atom. The smallest absolute Gasteiger partial charge is 0.260 e. The Balaban J connectivity index is 2.75. The standard InChI is InChI=1S/C18H30NO7P/c1-4-24-18(25-5-2)27(23,26-6-3)13-15(21)11-19-17(22)16-10-8-7-9-14(16)12-20/h7-10,15,18,20-21H,4-6,11-13H2,1-3H3,(H,19,22). The van der Waals surface area contributed by atoms with Gasteiger partial charge in [0.15, 0.2) is 0 Å². The van der Waals surface area contributed by atoms with Gasteiger partial charge in [-0.2, -0.15) is 0 Å². The van der Waals surface area contributed by atoms with E-state index < -0.39 is 25.4 Å². The predicted octanol–water partition coefficient (Wildman–Crippen LogP) is 1.94. The third-order valence-electron chi connectivity index (χ3n) is 3.68. The van der Waals surface area contributed by atoms with E-state index in [0.29, 0.717) is 11.1 Å². The lowest BCUT2D eigenvalue weighted by Gasteiger charge is -2.28. The highest BCUT2D eigenvalue weighted by Gasteiger charge is 2.38. The second-order valence-corrected chi connectivity index (χ2v) is 8.22. The summed E-state index contributed by atoms with van der Waals surface area (Å²) in [5.41, 5.74) is 0.805. The SMILES string of the molecule is CCOC(OCC)P(=O)(CC(O)CNC(=O)c1ccccc1CO)OCC. The van der Waals surface area contributed by atoms with Gasteiger partial charge in [-0.15, -0.1) is 0 Å². The van der Waals surface area contributed by atoms with E-state index >= 15 is 0 Å². The topological polar surface area (TPSA) is 114 Å². The van der Waals surface area contributed by atoms with Crippen LogP contribution in [0.2, 0.25) is 0 Å². The van der Waals surface area contributed by atoms with Gasteiger partial charge in [0.05, 0.1) is 25.5 Å². The second-order valence-electron chi connectivity index (χ2n) is 5.72. The van der Waals surface area contributed by atoms with Crippen molar-refractivity contribution in [1.29, 1.82) is 0 Å². The fourth-order valence-electron chi connectivity index (χ4n) is 2.52. The summed E-state index contributed by atoms with van der Waals surface area (Å²) in [6.07, 6.45) is -1.33. The normalized spacial score (nSPS) is 14.7. The molecule has 154 valence electrons. The number of aliphatic hydroxyl groups is 2. The number of rotatable bonds is 13. The Bertz CT molecular complexity index is 619. The first-order chi connectivity index (χ1) is 12.9. The van der Waals surface area contributed by atoms with Crippen LogP contribution in [0.3, 0.4) is 0 Å². The molecule has 0 aliphatic rings. The van der Waals surface area contributed by atoms with E-state index in [-0.39, 0.29) is 39.1 Å². The lowest BCUT2D eigenvalue weighted by molar-refractivity contribution is -0.0894. The highest BCUT2D eigenvalue weighted by atomic mass is 31.2. The summed E-state index contributed by atoms with van der Waals surface area (Å²) in [6.45, 7) is 5.54. The summed E-state index contributed by atoms with van der Waals surface area (Å²) >= 11 is 0. The predicted molar refractivity (Wildman–Crippen MR) is 102 cm³/mol. The van der Waals surface area contributed by atoms with E-state index in [1.54, 1.807) is 45.0 Å². The molecule has 0 saturated carbocycles. The van der Waals surface area contributed by atoms with Gasteiger partial charge in [0, 0.05) is 25.3 Å². The molecule has 1 rings (SSSR count). The van der Waals surface area contributed by atoms with Crippen LogP contribution >= 0.6 is 7.37 Å². The van der Waals surface area contributed by atoms with Crippen LogP contribution in [-0.2, 0) is 25.2 Å². The highest BCUT2D eigenvalue weighted by Crippen LogP contribution is 2.53. The monoisotopic (exact) mass is 403 g/mol. The third kappa shape index (κ3) is 7.33. The number of hydrogen-bond acceptors (Lipinski definition) is 7. The molecule has 0 bridgehead atoms. The number of benzene rings is 1. The van der Waals surface area contributed by atoms with Gasteiger partial charge in [-0.25, -0.2) is 0 Å². The maximum absolute atomic E-state index is 13.1. The molecule has 0 spiro atoms. The van der Waals surface area contributed by atoms with Crippen LogP contribution in [0.4, 0.5) is 0 Å². The molecule has 3 N–H and O–H groups in total. The summed E-state index contributed by atoms with van der Waals surface area (Å²) in [7, 11) is -3.45. The van der Waals surface area contributed by atoms with Crippen LogP contribution < -0.4 is 5.32 Å². The maximum Gasteiger partial charge on any atom is 0.260 e. The van der Waals surface area contributed by atoms with Crippen LogP contribution in [0.25, 0.3) is 0 Å². The van der Waals surface area contributed by atoms with Gasteiger partial charge in [-0.1, -0.05) is 18.2 Å². The van der Waals surface area contributed by atoms with Gasteiger partial charge < -0.3 is 29.5 Å². The van der Waals surface area contributed by atoms with Gasteiger partial charge in [-0.3, -0.25) is 9.36 Å². The van der Waals surface area contributed by atoms with E-state index in [0.717, 1.165) is 0 Å². The number of nitrogens with one attached hydrogen (secondary N) is 1. The molecule has 1 aromatic rings. The minimum atomic E-state index is -3.45. The number of amides is 1. The second kappa shape index (κ2) is 12.2. The van der Waals surface area contributed by atoms with Gasteiger partial charge >= 0.3 is 0 Å². The van der Waals surface area contributed by atoms with Gasteiger partial charge in [0.2, 0.25) is 6.03 Å². The van der Waals surface area contributed by atoms with Crippen molar-refractivity contribution in [3.05, 3.63) is 35.4 Å². The van der Waals surface area contributed by atoms with Crippen molar-refractivity contribution in [2.45, 2.75) is 39.5 Å². The molecular formula is C18H30NO7P. The molecule has 0 aromatic heterocycles. The Labute approximate surface area is 160 Å². The van der Waals surface area contributed by atoms with Crippen LogP contribution in [0.5, 0.6) is 0 Å². The van der Waals surface area contributed by atoms with Crippen molar-refractivity contribution in [2.75, 3.05) is 32.5 Å².